The van der Waals surface area contributed by atoms with Gasteiger partial charge in [0.15, 0.2) is 0 Å². The molecular formula is C11H28O2. The van der Waals surface area contributed by atoms with Gasteiger partial charge in [0.1, 0.15) is 0 Å². The number of rotatable bonds is 4. The summed E-state index contributed by atoms with van der Waals surface area (Å²) in [6.45, 7) is 8.35. The lowest BCUT2D eigenvalue weighted by Gasteiger charge is -1.90. The first kappa shape index (κ1) is 18.7. The predicted molar refractivity (Wildman–Crippen MR) is 60.0 cm³/mol. The minimum atomic E-state index is 0.250. The van der Waals surface area contributed by atoms with Crippen molar-refractivity contribution in [3.63, 3.8) is 0 Å². The Morgan fingerprint density at radius 3 is 1.00 bits per heavy atom. The van der Waals surface area contributed by atoms with Crippen molar-refractivity contribution in [2.75, 3.05) is 13.2 Å². The zero-order valence-corrected chi connectivity index (χ0v) is 9.84. The highest BCUT2D eigenvalue weighted by Crippen LogP contribution is 2.00. The van der Waals surface area contributed by atoms with E-state index in [1.54, 1.807) is 13.8 Å². The Hall–Kier alpha value is -0.0800. The molecular weight excluding hydrogens is 164 g/mol. The number of aliphatic hydroxyl groups is 2. The normalized spacial score (nSPS) is 7.85. The molecule has 0 unspecified atom stereocenters. The molecule has 0 aromatic carbocycles. The van der Waals surface area contributed by atoms with E-state index in [9.17, 15) is 0 Å². The van der Waals surface area contributed by atoms with Gasteiger partial charge in [0, 0.05) is 13.2 Å². The Morgan fingerprint density at radius 1 is 0.615 bits per heavy atom. The summed E-state index contributed by atoms with van der Waals surface area (Å²) < 4.78 is 0. The molecule has 0 radical (unpaired) electrons. The SMILES string of the molecule is CCCCCCC.CCO.CCO. The third kappa shape index (κ3) is 76.3. The lowest BCUT2D eigenvalue weighted by atomic mass is 10.2. The van der Waals surface area contributed by atoms with Crippen LogP contribution in [0, 0.1) is 0 Å². The highest BCUT2D eigenvalue weighted by molar-refractivity contribution is 4.35. The summed E-state index contributed by atoms with van der Waals surface area (Å²) in [6, 6.07) is 0. The van der Waals surface area contributed by atoms with E-state index in [0.29, 0.717) is 0 Å². The number of hydrogen-bond acceptors (Lipinski definition) is 2. The molecule has 0 aliphatic carbocycles. The Kier molecular flexibility index (Phi) is 42.6. The molecule has 2 heteroatoms. The topological polar surface area (TPSA) is 40.5 Å². The number of aliphatic hydroxyl groups excluding tert-OH is 2. The van der Waals surface area contributed by atoms with E-state index in [1.807, 2.05) is 0 Å². The lowest BCUT2D eigenvalue weighted by Crippen LogP contribution is -1.70. The summed E-state index contributed by atoms with van der Waals surface area (Å²) in [7, 11) is 0. The second-order valence-corrected chi connectivity index (χ2v) is 2.69. The quantitative estimate of drug-likeness (QED) is 0.672. The van der Waals surface area contributed by atoms with E-state index in [-0.39, 0.29) is 13.2 Å². The largest absolute Gasteiger partial charge is 0.397 e. The molecule has 0 fully saturated rings. The molecule has 0 rings (SSSR count). The third-order valence-electron chi connectivity index (χ3n) is 1.21. The van der Waals surface area contributed by atoms with Crippen molar-refractivity contribution in [1.29, 1.82) is 0 Å². The van der Waals surface area contributed by atoms with Crippen molar-refractivity contribution in [2.45, 2.75) is 59.8 Å². The van der Waals surface area contributed by atoms with Gasteiger partial charge in [-0.05, 0) is 13.8 Å². The molecule has 0 aromatic heterocycles. The van der Waals surface area contributed by atoms with Crippen LogP contribution in [-0.2, 0) is 0 Å². The van der Waals surface area contributed by atoms with Gasteiger partial charge in [-0.25, -0.2) is 0 Å². The molecule has 0 heterocycles. The minimum absolute atomic E-state index is 0.250. The predicted octanol–water partition coefficient (Wildman–Crippen LogP) is 2.97. The smallest absolute Gasteiger partial charge is 0.0402 e. The molecule has 13 heavy (non-hydrogen) atoms. The lowest BCUT2D eigenvalue weighted by molar-refractivity contribution is 0.318. The summed E-state index contributed by atoms with van der Waals surface area (Å²) in [4.78, 5) is 0. The molecule has 0 amide bonds. The molecule has 0 aliphatic heterocycles. The van der Waals surface area contributed by atoms with Gasteiger partial charge in [0.2, 0.25) is 0 Å². The Morgan fingerprint density at radius 2 is 0.846 bits per heavy atom. The fourth-order valence-electron chi connectivity index (χ4n) is 0.677. The van der Waals surface area contributed by atoms with Gasteiger partial charge in [-0.15, -0.1) is 0 Å². The van der Waals surface area contributed by atoms with Gasteiger partial charge in [-0.3, -0.25) is 0 Å². The van der Waals surface area contributed by atoms with Crippen LogP contribution in [0.15, 0.2) is 0 Å². The Bertz CT molecular complexity index is 41.4. The first-order valence-corrected chi connectivity index (χ1v) is 5.46. The maximum atomic E-state index is 7.57. The van der Waals surface area contributed by atoms with Crippen LogP contribution in [-0.4, -0.2) is 23.4 Å². The Balaban J connectivity index is -0.000000140. The zero-order valence-electron chi connectivity index (χ0n) is 9.84. The van der Waals surface area contributed by atoms with Crippen LogP contribution < -0.4 is 0 Å². The van der Waals surface area contributed by atoms with Gasteiger partial charge in [-0.2, -0.15) is 0 Å². The van der Waals surface area contributed by atoms with Crippen molar-refractivity contribution in [2.24, 2.45) is 0 Å². The van der Waals surface area contributed by atoms with Crippen LogP contribution in [0.5, 0.6) is 0 Å². The standard InChI is InChI=1S/C7H16.2C2H6O/c1-3-5-7-6-4-2;2*1-2-3/h3-7H2,1-2H3;2*3H,2H2,1H3. The van der Waals surface area contributed by atoms with Gasteiger partial charge in [-0.1, -0.05) is 46.0 Å². The highest BCUT2D eigenvalue weighted by Gasteiger charge is 1.80. The van der Waals surface area contributed by atoms with Crippen molar-refractivity contribution in [3.05, 3.63) is 0 Å². The molecule has 84 valence electrons. The minimum Gasteiger partial charge on any atom is -0.397 e. The van der Waals surface area contributed by atoms with Gasteiger partial charge < -0.3 is 10.2 Å². The monoisotopic (exact) mass is 192 g/mol. The maximum Gasteiger partial charge on any atom is 0.0402 e. The van der Waals surface area contributed by atoms with Gasteiger partial charge in [0.25, 0.3) is 0 Å². The fraction of sp³-hybridized carbons (Fsp3) is 1.00. The average Bonchev–Trinajstić information content (AvgIpc) is 2.08. The summed E-state index contributed by atoms with van der Waals surface area (Å²) in [6.07, 6.45) is 7.01. The van der Waals surface area contributed by atoms with Crippen LogP contribution in [0.25, 0.3) is 0 Å². The zero-order chi connectivity index (χ0) is 10.9. The fourth-order valence-corrected chi connectivity index (χ4v) is 0.677. The highest BCUT2D eigenvalue weighted by atomic mass is 16.3. The number of unbranched alkanes of at least 4 members (excludes halogenated alkanes) is 4. The van der Waals surface area contributed by atoms with Crippen molar-refractivity contribution in [3.8, 4) is 0 Å². The van der Waals surface area contributed by atoms with Crippen LogP contribution in [0.1, 0.15) is 59.8 Å². The van der Waals surface area contributed by atoms with Crippen LogP contribution in [0.4, 0.5) is 0 Å². The first-order chi connectivity index (χ1) is 6.24. The van der Waals surface area contributed by atoms with Crippen molar-refractivity contribution in [1.82, 2.24) is 0 Å². The van der Waals surface area contributed by atoms with E-state index in [2.05, 4.69) is 13.8 Å². The van der Waals surface area contributed by atoms with Crippen molar-refractivity contribution < 1.29 is 10.2 Å². The van der Waals surface area contributed by atoms with Crippen LogP contribution in [0.3, 0.4) is 0 Å². The first-order valence-electron chi connectivity index (χ1n) is 5.46. The maximum absolute atomic E-state index is 7.57. The summed E-state index contributed by atoms with van der Waals surface area (Å²) >= 11 is 0. The molecule has 0 aromatic rings. The van der Waals surface area contributed by atoms with Crippen LogP contribution in [0.2, 0.25) is 0 Å². The molecule has 0 saturated heterocycles. The van der Waals surface area contributed by atoms with Gasteiger partial charge >= 0.3 is 0 Å². The van der Waals surface area contributed by atoms with E-state index < -0.39 is 0 Å². The van der Waals surface area contributed by atoms with Gasteiger partial charge in [0.05, 0.1) is 0 Å². The molecule has 2 N–H and O–H groups in total. The van der Waals surface area contributed by atoms with E-state index >= 15 is 0 Å². The average molecular weight is 192 g/mol. The molecule has 0 bridgehead atoms. The second kappa shape index (κ2) is 29.7. The molecule has 0 aliphatic rings. The van der Waals surface area contributed by atoms with E-state index in [4.69, 9.17) is 10.2 Å². The molecule has 0 atom stereocenters. The molecule has 0 saturated carbocycles. The number of hydrogen-bond donors (Lipinski definition) is 2. The second-order valence-electron chi connectivity index (χ2n) is 2.69. The molecule has 2 nitrogen and oxygen atoms in total. The summed E-state index contributed by atoms with van der Waals surface area (Å²) in [5.74, 6) is 0. The third-order valence-corrected chi connectivity index (χ3v) is 1.21. The molecule has 0 spiro atoms. The Labute approximate surface area is 84.0 Å². The van der Waals surface area contributed by atoms with Crippen molar-refractivity contribution >= 4 is 0 Å². The van der Waals surface area contributed by atoms with E-state index in [0.717, 1.165) is 0 Å². The summed E-state index contributed by atoms with van der Waals surface area (Å²) in [5.41, 5.74) is 0. The van der Waals surface area contributed by atoms with E-state index in [1.165, 1.54) is 32.1 Å². The summed E-state index contributed by atoms with van der Waals surface area (Å²) in [5, 5.41) is 15.1. The van der Waals surface area contributed by atoms with Crippen LogP contribution >= 0.6 is 0 Å².